The van der Waals surface area contributed by atoms with E-state index in [2.05, 4.69) is 32.4 Å². The first-order chi connectivity index (χ1) is 8.63. The van der Waals surface area contributed by atoms with Crippen molar-refractivity contribution in [2.24, 2.45) is 16.6 Å². The number of sulfonamides is 1. The number of thiophene rings is 1. The molecule has 0 spiro atoms. The van der Waals surface area contributed by atoms with Crippen LogP contribution in [0.2, 0.25) is 0 Å². The number of rotatable bonds is 5. The van der Waals surface area contributed by atoms with Crippen molar-refractivity contribution in [2.45, 2.75) is 44.4 Å². The number of nitrogens with one attached hydrogen (secondary N) is 1. The van der Waals surface area contributed by atoms with Crippen LogP contribution in [-0.2, 0) is 16.4 Å². The third kappa shape index (κ3) is 2.46. The minimum Gasteiger partial charge on any atom is -0.330 e. The first-order valence-electron chi connectivity index (χ1n) is 6.44. The summed E-state index contributed by atoms with van der Waals surface area (Å²) >= 11 is 1.30. The Morgan fingerprint density at radius 2 is 1.84 bits per heavy atom. The lowest BCUT2D eigenvalue weighted by molar-refractivity contribution is 0.457. The van der Waals surface area contributed by atoms with Crippen LogP contribution in [0.1, 0.15) is 32.6 Å². The van der Waals surface area contributed by atoms with Gasteiger partial charge in [0.2, 0.25) is 10.0 Å². The van der Waals surface area contributed by atoms with Gasteiger partial charge in [-0.15, -0.1) is 11.3 Å². The van der Waals surface area contributed by atoms with Crippen LogP contribution in [0.4, 0.5) is 0 Å². The topological polar surface area (TPSA) is 72.2 Å². The van der Waals surface area contributed by atoms with E-state index in [-0.39, 0.29) is 16.9 Å². The van der Waals surface area contributed by atoms with Crippen molar-refractivity contribution in [3.63, 3.8) is 0 Å². The fourth-order valence-corrected chi connectivity index (χ4v) is 5.40. The molecule has 0 aliphatic heterocycles. The first-order valence-corrected chi connectivity index (χ1v) is 8.74. The second-order valence-electron chi connectivity index (χ2n) is 6.26. The van der Waals surface area contributed by atoms with E-state index in [1.165, 1.54) is 11.3 Å². The molecule has 0 atom stereocenters. The molecule has 4 nitrogen and oxygen atoms in total. The fraction of sp³-hybridized carbons (Fsp3) is 0.692. The lowest BCUT2D eigenvalue weighted by Gasteiger charge is -2.06. The Morgan fingerprint density at radius 3 is 2.32 bits per heavy atom. The summed E-state index contributed by atoms with van der Waals surface area (Å²) in [6.45, 7) is 8.90. The Hall–Kier alpha value is -0.430. The molecule has 1 fully saturated rings. The third-order valence-corrected chi connectivity index (χ3v) is 7.65. The minimum absolute atomic E-state index is 0.00256. The van der Waals surface area contributed by atoms with Crippen LogP contribution < -0.4 is 10.5 Å². The molecule has 0 radical (unpaired) electrons. The lowest BCUT2D eigenvalue weighted by Crippen LogP contribution is -2.29. The number of hydrogen-bond acceptors (Lipinski definition) is 4. The Bertz CT molecular complexity index is 559. The summed E-state index contributed by atoms with van der Waals surface area (Å²) in [6, 6.07) is 3.50. The Kier molecular flexibility index (Phi) is 3.58. The molecule has 1 aliphatic rings. The van der Waals surface area contributed by atoms with Gasteiger partial charge in [-0.2, -0.15) is 0 Å². The highest BCUT2D eigenvalue weighted by Gasteiger charge is 2.66. The zero-order valence-electron chi connectivity index (χ0n) is 11.9. The zero-order chi connectivity index (χ0) is 14.5. The van der Waals surface area contributed by atoms with Gasteiger partial charge in [-0.1, -0.05) is 27.7 Å². The Morgan fingerprint density at radius 1 is 1.26 bits per heavy atom. The largest absolute Gasteiger partial charge is 0.330 e. The van der Waals surface area contributed by atoms with Crippen molar-refractivity contribution < 1.29 is 8.42 Å². The summed E-state index contributed by atoms with van der Waals surface area (Å²) in [5.41, 5.74) is 5.48. The normalized spacial score (nSPS) is 21.5. The van der Waals surface area contributed by atoms with Crippen LogP contribution in [0.15, 0.2) is 16.3 Å². The van der Waals surface area contributed by atoms with Crippen LogP contribution in [-0.4, -0.2) is 21.0 Å². The van der Waals surface area contributed by atoms with E-state index in [0.717, 1.165) is 11.3 Å². The molecule has 3 N–H and O–H groups in total. The molecule has 2 rings (SSSR count). The molecule has 1 heterocycles. The summed E-state index contributed by atoms with van der Waals surface area (Å²) in [6.07, 6.45) is 0.723. The van der Waals surface area contributed by atoms with Gasteiger partial charge in [0, 0.05) is 10.9 Å². The van der Waals surface area contributed by atoms with Crippen LogP contribution in [0.5, 0.6) is 0 Å². The molecule has 19 heavy (non-hydrogen) atoms. The summed E-state index contributed by atoms with van der Waals surface area (Å²) in [5, 5.41) is 0. The molecule has 0 aromatic carbocycles. The Balaban J connectivity index is 2.15. The minimum atomic E-state index is -3.41. The maximum Gasteiger partial charge on any atom is 0.250 e. The molecule has 0 saturated heterocycles. The molecule has 0 bridgehead atoms. The van der Waals surface area contributed by atoms with E-state index in [0.29, 0.717) is 10.8 Å². The predicted octanol–water partition coefficient (Wildman–Crippen LogP) is 1.96. The molecule has 1 saturated carbocycles. The van der Waals surface area contributed by atoms with Crippen molar-refractivity contribution in [3.05, 3.63) is 17.0 Å². The lowest BCUT2D eigenvalue weighted by atomic mass is 10.0. The Labute approximate surface area is 119 Å². The van der Waals surface area contributed by atoms with E-state index in [1.54, 1.807) is 6.07 Å². The molecule has 6 heteroatoms. The highest BCUT2D eigenvalue weighted by molar-refractivity contribution is 7.91. The molecule has 1 aromatic rings. The van der Waals surface area contributed by atoms with E-state index >= 15 is 0 Å². The van der Waals surface area contributed by atoms with Crippen molar-refractivity contribution in [1.82, 2.24) is 4.72 Å². The zero-order valence-corrected chi connectivity index (χ0v) is 13.5. The van der Waals surface area contributed by atoms with Gasteiger partial charge in [0.05, 0.1) is 0 Å². The molecule has 1 aliphatic carbocycles. The van der Waals surface area contributed by atoms with Gasteiger partial charge in [0.15, 0.2) is 0 Å². The summed E-state index contributed by atoms with van der Waals surface area (Å²) < 4.78 is 27.9. The van der Waals surface area contributed by atoms with Crippen molar-refractivity contribution >= 4 is 21.4 Å². The van der Waals surface area contributed by atoms with Crippen LogP contribution in [0.25, 0.3) is 0 Å². The first kappa shape index (κ1) is 15.0. The number of hydrogen-bond donors (Lipinski definition) is 2. The molecular weight excluding hydrogens is 280 g/mol. The van der Waals surface area contributed by atoms with E-state index < -0.39 is 10.0 Å². The van der Waals surface area contributed by atoms with E-state index in [4.69, 9.17) is 5.73 Å². The maximum atomic E-state index is 12.3. The molecule has 0 unspecified atom stereocenters. The summed E-state index contributed by atoms with van der Waals surface area (Å²) in [5.74, 6) is 0. The van der Waals surface area contributed by atoms with Crippen LogP contribution >= 0.6 is 11.3 Å². The molecular formula is C13H22N2O2S2. The molecule has 108 valence electrons. The van der Waals surface area contributed by atoms with Gasteiger partial charge >= 0.3 is 0 Å². The van der Waals surface area contributed by atoms with Gasteiger partial charge in [0.1, 0.15) is 4.21 Å². The second-order valence-corrected chi connectivity index (χ2v) is 9.37. The van der Waals surface area contributed by atoms with Crippen LogP contribution in [0.3, 0.4) is 0 Å². The quantitative estimate of drug-likeness (QED) is 0.873. The van der Waals surface area contributed by atoms with Crippen molar-refractivity contribution in [2.75, 3.05) is 6.54 Å². The average Bonchev–Trinajstić information content (AvgIpc) is 2.71. The van der Waals surface area contributed by atoms with Crippen molar-refractivity contribution in [3.8, 4) is 0 Å². The standard InChI is InChI=1S/C13H22N2O2S2/c1-12(2)11(13(12,3)4)15-19(16,17)10-6-5-9(18-10)7-8-14/h5-6,11,15H,7-8,14H2,1-4H3. The van der Waals surface area contributed by atoms with Crippen molar-refractivity contribution in [1.29, 1.82) is 0 Å². The summed E-state index contributed by atoms with van der Waals surface area (Å²) in [4.78, 5) is 1.01. The highest BCUT2D eigenvalue weighted by atomic mass is 32.2. The highest BCUT2D eigenvalue weighted by Crippen LogP contribution is 2.63. The van der Waals surface area contributed by atoms with Gasteiger partial charge in [-0.05, 0) is 35.9 Å². The SMILES string of the molecule is CC1(C)C(NS(=O)(=O)c2ccc(CCN)s2)C1(C)C. The van der Waals surface area contributed by atoms with Gasteiger partial charge in [-0.25, -0.2) is 13.1 Å². The second kappa shape index (κ2) is 4.55. The molecule has 0 amide bonds. The van der Waals surface area contributed by atoms with E-state index in [9.17, 15) is 8.42 Å². The monoisotopic (exact) mass is 302 g/mol. The fourth-order valence-electron chi connectivity index (χ4n) is 2.48. The maximum absolute atomic E-state index is 12.3. The van der Waals surface area contributed by atoms with E-state index in [1.807, 2.05) is 6.07 Å². The van der Waals surface area contributed by atoms with Gasteiger partial charge in [-0.3, -0.25) is 0 Å². The number of nitrogens with two attached hydrogens (primary N) is 1. The van der Waals surface area contributed by atoms with Gasteiger partial charge < -0.3 is 5.73 Å². The third-order valence-electron chi connectivity index (χ3n) is 4.59. The molecule has 1 aromatic heterocycles. The predicted molar refractivity (Wildman–Crippen MR) is 78.7 cm³/mol. The average molecular weight is 302 g/mol. The summed E-state index contributed by atoms with van der Waals surface area (Å²) in [7, 11) is -3.41. The van der Waals surface area contributed by atoms with Gasteiger partial charge in [0.25, 0.3) is 0 Å². The van der Waals surface area contributed by atoms with Crippen LogP contribution in [0, 0.1) is 10.8 Å². The smallest absolute Gasteiger partial charge is 0.250 e.